The maximum Gasteiger partial charge on any atom is 0.243 e. The molecule has 8 heteroatoms. The van der Waals surface area contributed by atoms with Gasteiger partial charge in [0, 0.05) is 30.4 Å². The van der Waals surface area contributed by atoms with Crippen LogP contribution in [-0.4, -0.2) is 24.3 Å². The van der Waals surface area contributed by atoms with Crippen LogP contribution >= 0.6 is 22.9 Å². The van der Waals surface area contributed by atoms with E-state index in [-0.39, 0.29) is 16.5 Å². The molecule has 0 aliphatic carbocycles. The second-order valence-electron chi connectivity index (χ2n) is 5.61. The standard InChI is InChI=1S/C18H16ClFN2O2S2/c19-17-11-16(5-6-18(17)20)26(23,24)22(9-7-15-4-2-10-25-15)13-14-3-1-8-21-12-14/h1-6,8,10-12H,7,9,13H2. The molecular weight excluding hydrogens is 395 g/mol. The third kappa shape index (κ3) is 4.48. The molecule has 0 aliphatic heterocycles. The van der Waals surface area contributed by atoms with E-state index in [9.17, 15) is 12.8 Å². The van der Waals surface area contributed by atoms with E-state index in [1.165, 1.54) is 10.4 Å². The number of benzene rings is 1. The number of nitrogens with zero attached hydrogens (tertiary/aromatic N) is 2. The van der Waals surface area contributed by atoms with E-state index >= 15 is 0 Å². The van der Waals surface area contributed by atoms with E-state index in [0.29, 0.717) is 13.0 Å². The van der Waals surface area contributed by atoms with Crippen molar-refractivity contribution in [3.8, 4) is 0 Å². The zero-order valence-electron chi connectivity index (χ0n) is 13.7. The van der Waals surface area contributed by atoms with Gasteiger partial charge in [-0.2, -0.15) is 4.31 Å². The van der Waals surface area contributed by atoms with Gasteiger partial charge < -0.3 is 0 Å². The lowest BCUT2D eigenvalue weighted by molar-refractivity contribution is 0.410. The van der Waals surface area contributed by atoms with Crippen LogP contribution in [0.4, 0.5) is 4.39 Å². The molecule has 0 saturated carbocycles. The molecule has 3 rings (SSSR count). The average Bonchev–Trinajstić information content (AvgIpc) is 3.15. The summed E-state index contributed by atoms with van der Waals surface area (Å²) in [6.45, 7) is 0.475. The molecule has 0 radical (unpaired) electrons. The predicted molar refractivity (Wildman–Crippen MR) is 101 cm³/mol. The Morgan fingerprint density at radius 1 is 1.19 bits per heavy atom. The molecule has 3 aromatic rings. The summed E-state index contributed by atoms with van der Waals surface area (Å²) in [5.74, 6) is -0.650. The summed E-state index contributed by atoms with van der Waals surface area (Å²) >= 11 is 7.35. The molecule has 2 heterocycles. The molecule has 0 N–H and O–H groups in total. The van der Waals surface area contributed by atoms with Crippen molar-refractivity contribution < 1.29 is 12.8 Å². The van der Waals surface area contributed by atoms with Crippen LogP contribution in [0.3, 0.4) is 0 Å². The monoisotopic (exact) mass is 410 g/mol. The number of aromatic nitrogens is 1. The molecule has 0 spiro atoms. The quantitative estimate of drug-likeness (QED) is 0.581. The minimum absolute atomic E-state index is 0.0287. The first-order chi connectivity index (χ1) is 12.5. The highest BCUT2D eigenvalue weighted by atomic mass is 35.5. The maximum atomic E-state index is 13.4. The Hall–Kier alpha value is -1.80. The Kier molecular flexibility index (Phi) is 6.03. The Morgan fingerprint density at radius 3 is 2.69 bits per heavy atom. The molecule has 0 bridgehead atoms. The molecule has 0 saturated heterocycles. The molecule has 0 aliphatic rings. The van der Waals surface area contributed by atoms with E-state index in [4.69, 9.17) is 11.6 Å². The summed E-state index contributed by atoms with van der Waals surface area (Å²) in [6, 6.07) is 10.9. The SMILES string of the molecule is O=S(=O)(c1ccc(F)c(Cl)c1)N(CCc1cccs1)Cc1cccnc1. The average molecular weight is 411 g/mol. The maximum absolute atomic E-state index is 13.4. The van der Waals surface area contributed by atoms with Crippen LogP contribution in [0.2, 0.25) is 5.02 Å². The predicted octanol–water partition coefficient (Wildman–Crippen LogP) is 4.37. The van der Waals surface area contributed by atoms with Crippen LogP contribution in [0, 0.1) is 5.82 Å². The molecular formula is C18H16ClFN2O2S2. The Morgan fingerprint density at radius 2 is 2.04 bits per heavy atom. The van der Waals surface area contributed by atoms with E-state index in [0.717, 1.165) is 22.6 Å². The fourth-order valence-electron chi connectivity index (χ4n) is 2.46. The zero-order valence-corrected chi connectivity index (χ0v) is 16.1. The normalized spacial score (nSPS) is 11.8. The van der Waals surface area contributed by atoms with Gasteiger partial charge >= 0.3 is 0 Å². The number of hydrogen-bond acceptors (Lipinski definition) is 4. The third-order valence-corrected chi connectivity index (χ3v) is 6.87. The summed E-state index contributed by atoms with van der Waals surface area (Å²) in [5.41, 5.74) is 0.774. The largest absolute Gasteiger partial charge is 0.264 e. The number of sulfonamides is 1. The highest BCUT2D eigenvalue weighted by Gasteiger charge is 2.25. The first kappa shape index (κ1) is 19.0. The van der Waals surface area contributed by atoms with E-state index < -0.39 is 15.8 Å². The molecule has 0 unspecified atom stereocenters. The van der Waals surface area contributed by atoms with Crippen LogP contribution in [0.25, 0.3) is 0 Å². The summed E-state index contributed by atoms with van der Waals surface area (Å²) < 4.78 is 41.0. The molecule has 0 fully saturated rings. The molecule has 0 amide bonds. The number of hydrogen-bond donors (Lipinski definition) is 0. The van der Waals surface area contributed by atoms with Gasteiger partial charge in [0.1, 0.15) is 5.82 Å². The first-order valence-electron chi connectivity index (χ1n) is 7.83. The van der Waals surface area contributed by atoms with Gasteiger partial charge in [0.05, 0.1) is 9.92 Å². The fourth-order valence-corrected chi connectivity index (χ4v) is 4.85. The molecule has 4 nitrogen and oxygen atoms in total. The summed E-state index contributed by atoms with van der Waals surface area (Å²) in [4.78, 5) is 5.10. The first-order valence-corrected chi connectivity index (χ1v) is 10.5. The lowest BCUT2D eigenvalue weighted by Crippen LogP contribution is -2.32. The molecule has 26 heavy (non-hydrogen) atoms. The Balaban J connectivity index is 1.90. The van der Waals surface area contributed by atoms with E-state index in [2.05, 4.69) is 4.98 Å². The van der Waals surface area contributed by atoms with Crippen molar-refractivity contribution >= 4 is 33.0 Å². The van der Waals surface area contributed by atoms with Crippen molar-refractivity contribution in [2.45, 2.75) is 17.9 Å². The van der Waals surface area contributed by atoms with Gasteiger partial charge in [-0.3, -0.25) is 4.98 Å². The third-order valence-electron chi connectivity index (χ3n) is 3.80. The smallest absolute Gasteiger partial charge is 0.243 e. The summed E-state index contributed by atoms with van der Waals surface area (Å²) in [6.07, 6.45) is 3.85. The zero-order chi connectivity index (χ0) is 18.6. The van der Waals surface area contributed by atoms with Crippen molar-refractivity contribution in [1.29, 1.82) is 0 Å². The van der Waals surface area contributed by atoms with Crippen LogP contribution < -0.4 is 0 Å². The lowest BCUT2D eigenvalue weighted by atomic mass is 10.3. The van der Waals surface area contributed by atoms with Gasteiger partial charge in [-0.05, 0) is 47.7 Å². The van der Waals surface area contributed by atoms with Gasteiger partial charge in [0.15, 0.2) is 0 Å². The van der Waals surface area contributed by atoms with Crippen LogP contribution in [0.1, 0.15) is 10.4 Å². The summed E-state index contributed by atoms with van der Waals surface area (Å²) in [5, 5.41) is 1.74. The molecule has 136 valence electrons. The van der Waals surface area contributed by atoms with Crippen molar-refractivity contribution in [2.75, 3.05) is 6.54 Å². The minimum atomic E-state index is -3.83. The second kappa shape index (κ2) is 8.26. The van der Waals surface area contributed by atoms with Gasteiger partial charge in [-0.25, -0.2) is 12.8 Å². The van der Waals surface area contributed by atoms with Gasteiger partial charge in [0.25, 0.3) is 0 Å². The van der Waals surface area contributed by atoms with Gasteiger partial charge in [0.2, 0.25) is 10.0 Å². The minimum Gasteiger partial charge on any atom is -0.264 e. The number of rotatable bonds is 7. The van der Waals surface area contributed by atoms with Crippen LogP contribution in [0.5, 0.6) is 0 Å². The second-order valence-corrected chi connectivity index (χ2v) is 8.98. The number of pyridine rings is 1. The fraction of sp³-hybridized carbons (Fsp3) is 0.167. The Labute approximate surface area is 160 Å². The number of thiophene rings is 1. The number of halogens is 2. The Bertz CT molecular complexity index is 964. The van der Waals surface area contributed by atoms with E-state index in [1.807, 2.05) is 23.6 Å². The van der Waals surface area contributed by atoms with Gasteiger partial charge in [-0.15, -0.1) is 11.3 Å². The van der Waals surface area contributed by atoms with Crippen molar-refractivity contribution in [2.24, 2.45) is 0 Å². The van der Waals surface area contributed by atoms with Crippen molar-refractivity contribution in [3.05, 3.63) is 81.5 Å². The molecule has 2 aromatic heterocycles. The topological polar surface area (TPSA) is 50.3 Å². The van der Waals surface area contributed by atoms with Gasteiger partial charge in [-0.1, -0.05) is 23.7 Å². The lowest BCUT2D eigenvalue weighted by Gasteiger charge is -2.22. The van der Waals surface area contributed by atoms with Crippen molar-refractivity contribution in [3.63, 3.8) is 0 Å². The molecule has 1 aromatic carbocycles. The van der Waals surface area contributed by atoms with Crippen molar-refractivity contribution in [1.82, 2.24) is 9.29 Å². The summed E-state index contributed by atoms with van der Waals surface area (Å²) in [7, 11) is -3.83. The van der Waals surface area contributed by atoms with Crippen LogP contribution in [0.15, 0.2) is 65.1 Å². The highest BCUT2D eigenvalue weighted by Crippen LogP contribution is 2.24. The molecule has 0 atom stereocenters. The highest BCUT2D eigenvalue weighted by molar-refractivity contribution is 7.89. The van der Waals surface area contributed by atoms with Crippen LogP contribution in [-0.2, 0) is 23.0 Å². The van der Waals surface area contributed by atoms with E-state index in [1.54, 1.807) is 29.8 Å².